The number of hydrogen-bond donors (Lipinski definition) is 0. The summed E-state index contributed by atoms with van der Waals surface area (Å²) in [6, 6.07) is 7.65. The Kier molecular flexibility index (Phi) is 7.13. The summed E-state index contributed by atoms with van der Waals surface area (Å²) >= 11 is 0. The highest BCUT2D eigenvalue weighted by Gasteiger charge is 2.28. The molecule has 0 N–H and O–H groups in total. The molecule has 0 radical (unpaired) electrons. The van der Waals surface area contributed by atoms with E-state index in [1.807, 2.05) is 39.0 Å². The summed E-state index contributed by atoms with van der Waals surface area (Å²) in [5.74, 6) is 1.57. The minimum absolute atomic E-state index is 0.0317. The molecular formula is C25H36N4O3. The van der Waals surface area contributed by atoms with E-state index in [9.17, 15) is 14.4 Å². The van der Waals surface area contributed by atoms with Crippen LogP contribution in [-0.4, -0.2) is 89.7 Å². The normalized spacial score (nSPS) is 24.8. The lowest BCUT2D eigenvalue weighted by molar-refractivity contribution is -0.135. The number of piperidine rings is 1. The predicted octanol–water partition coefficient (Wildman–Crippen LogP) is 2.07. The second-order valence-corrected chi connectivity index (χ2v) is 9.93. The minimum atomic E-state index is 0.0317. The fourth-order valence-electron chi connectivity index (χ4n) is 5.34. The van der Waals surface area contributed by atoms with Gasteiger partial charge in [-0.3, -0.25) is 19.3 Å². The molecule has 0 bridgehead atoms. The van der Waals surface area contributed by atoms with Gasteiger partial charge in [0.05, 0.1) is 6.54 Å². The number of piperazine rings is 1. The maximum absolute atomic E-state index is 13.1. The molecule has 0 saturated carbocycles. The largest absolute Gasteiger partial charge is 0.341 e. The molecule has 3 aliphatic rings. The zero-order chi connectivity index (χ0) is 22.7. The molecule has 3 fully saturated rings. The molecule has 4 rings (SSSR count). The summed E-state index contributed by atoms with van der Waals surface area (Å²) in [5, 5.41) is 0. The molecule has 7 nitrogen and oxygen atoms in total. The van der Waals surface area contributed by atoms with Crippen molar-refractivity contribution in [2.75, 3.05) is 52.4 Å². The smallest absolute Gasteiger partial charge is 0.253 e. The van der Waals surface area contributed by atoms with Gasteiger partial charge < -0.3 is 14.7 Å². The first-order chi connectivity index (χ1) is 15.4. The van der Waals surface area contributed by atoms with Crippen LogP contribution in [0.2, 0.25) is 0 Å². The number of benzene rings is 1. The highest BCUT2D eigenvalue weighted by Crippen LogP contribution is 2.21. The first-order valence-electron chi connectivity index (χ1n) is 12.0. The van der Waals surface area contributed by atoms with Gasteiger partial charge >= 0.3 is 0 Å². The van der Waals surface area contributed by atoms with Crippen molar-refractivity contribution in [3.63, 3.8) is 0 Å². The van der Waals surface area contributed by atoms with Gasteiger partial charge in [-0.2, -0.15) is 0 Å². The van der Waals surface area contributed by atoms with Gasteiger partial charge in [0, 0.05) is 64.3 Å². The summed E-state index contributed by atoms with van der Waals surface area (Å²) in [6.45, 7) is 10.7. The van der Waals surface area contributed by atoms with Crippen molar-refractivity contribution in [3.05, 3.63) is 35.4 Å². The third-order valence-corrected chi connectivity index (χ3v) is 6.96. The lowest BCUT2D eigenvalue weighted by Crippen LogP contribution is -2.53. The van der Waals surface area contributed by atoms with Crippen LogP contribution in [0, 0.1) is 11.8 Å². The Hall–Kier alpha value is -2.41. The van der Waals surface area contributed by atoms with Crippen LogP contribution in [0.3, 0.4) is 0 Å². The maximum atomic E-state index is 13.1. The highest BCUT2D eigenvalue weighted by atomic mass is 16.2. The molecule has 3 amide bonds. The summed E-state index contributed by atoms with van der Waals surface area (Å²) in [7, 11) is 0. The van der Waals surface area contributed by atoms with Crippen LogP contribution >= 0.6 is 0 Å². The van der Waals surface area contributed by atoms with Crippen LogP contribution in [0.1, 0.15) is 49.0 Å². The standard InChI is InChI=1S/C25H36N4O3/c1-19-13-20(2)16-29(15-19)24(31)18-26-9-11-27(12-10-26)25(32)22-6-3-5-21(14-22)17-28-8-4-7-23(28)30/h3,5-6,14,19-20H,4,7-13,15-18H2,1-2H3/t19-,20+. The fraction of sp³-hybridized carbons (Fsp3) is 0.640. The molecule has 3 aliphatic heterocycles. The van der Waals surface area contributed by atoms with Crippen LogP contribution in [0.25, 0.3) is 0 Å². The third-order valence-electron chi connectivity index (χ3n) is 6.96. The average molecular weight is 441 g/mol. The maximum Gasteiger partial charge on any atom is 0.253 e. The van der Waals surface area contributed by atoms with E-state index in [1.165, 1.54) is 6.42 Å². The highest BCUT2D eigenvalue weighted by molar-refractivity contribution is 5.94. The molecule has 3 heterocycles. The molecule has 0 spiro atoms. The van der Waals surface area contributed by atoms with Crippen LogP contribution in [0.15, 0.2) is 24.3 Å². The van der Waals surface area contributed by atoms with E-state index in [0.717, 1.165) is 44.7 Å². The minimum Gasteiger partial charge on any atom is -0.341 e. The van der Waals surface area contributed by atoms with Gasteiger partial charge in [0.25, 0.3) is 5.91 Å². The number of amides is 3. The molecule has 1 aromatic rings. The van der Waals surface area contributed by atoms with Crippen molar-refractivity contribution < 1.29 is 14.4 Å². The molecular weight excluding hydrogens is 404 g/mol. The van der Waals surface area contributed by atoms with Crippen molar-refractivity contribution in [1.29, 1.82) is 0 Å². The topological polar surface area (TPSA) is 64.2 Å². The van der Waals surface area contributed by atoms with E-state index in [0.29, 0.717) is 50.0 Å². The van der Waals surface area contributed by atoms with E-state index in [1.54, 1.807) is 0 Å². The van der Waals surface area contributed by atoms with Crippen LogP contribution in [0.5, 0.6) is 0 Å². The Morgan fingerprint density at radius 3 is 2.34 bits per heavy atom. The van der Waals surface area contributed by atoms with Gasteiger partial charge in [0.15, 0.2) is 0 Å². The molecule has 32 heavy (non-hydrogen) atoms. The van der Waals surface area contributed by atoms with E-state index >= 15 is 0 Å². The van der Waals surface area contributed by atoms with Crippen LogP contribution in [0.4, 0.5) is 0 Å². The summed E-state index contributed by atoms with van der Waals surface area (Å²) in [6.07, 6.45) is 2.74. The number of carbonyl (C=O) groups is 3. The molecule has 2 atom stereocenters. The molecule has 0 unspecified atom stereocenters. The Morgan fingerprint density at radius 2 is 1.69 bits per heavy atom. The van der Waals surface area contributed by atoms with E-state index < -0.39 is 0 Å². The van der Waals surface area contributed by atoms with Gasteiger partial charge in [-0.25, -0.2) is 0 Å². The number of carbonyl (C=O) groups excluding carboxylic acids is 3. The van der Waals surface area contributed by atoms with Gasteiger partial charge in [-0.1, -0.05) is 26.0 Å². The third kappa shape index (κ3) is 5.49. The van der Waals surface area contributed by atoms with Gasteiger partial charge in [0.1, 0.15) is 0 Å². The van der Waals surface area contributed by atoms with Crippen molar-refractivity contribution >= 4 is 17.7 Å². The molecule has 3 saturated heterocycles. The van der Waals surface area contributed by atoms with Gasteiger partial charge in [0.2, 0.25) is 11.8 Å². The molecule has 0 aliphatic carbocycles. The lowest BCUT2D eigenvalue weighted by Gasteiger charge is -2.38. The Balaban J connectivity index is 1.27. The van der Waals surface area contributed by atoms with Crippen molar-refractivity contribution in [2.24, 2.45) is 11.8 Å². The summed E-state index contributed by atoms with van der Waals surface area (Å²) in [5.41, 5.74) is 1.68. The Morgan fingerprint density at radius 1 is 0.969 bits per heavy atom. The Bertz CT molecular complexity index is 839. The van der Waals surface area contributed by atoms with E-state index in [2.05, 4.69) is 18.7 Å². The first-order valence-corrected chi connectivity index (χ1v) is 12.0. The van der Waals surface area contributed by atoms with Crippen molar-refractivity contribution in [1.82, 2.24) is 19.6 Å². The molecule has 174 valence electrons. The number of nitrogens with zero attached hydrogens (tertiary/aromatic N) is 4. The SMILES string of the molecule is C[C@@H]1C[C@H](C)CN(C(=O)CN2CCN(C(=O)c3cccc(CN4CCCC4=O)c3)CC2)C1. The average Bonchev–Trinajstić information content (AvgIpc) is 3.17. The molecule has 1 aromatic carbocycles. The zero-order valence-electron chi connectivity index (χ0n) is 19.5. The number of likely N-dealkylation sites (tertiary alicyclic amines) is 2. The summed E-state index contributed by atoms with van der Waals surface area (Å²) in [4.78, 5) is 45.7. The number of rotatable bonds is 5. The number of hydrogen-bond acceptors (Lipinski definition) is 4. The Labute approximate surface area is 191 Å². The lowest BCUT2D eigenvalue weighted by atomic mass is 9.92. The monoisotopic (exact) mass is 440 g/mol. The second-order valence-electron chi connectivity index (χ2n) is 9.93. The van der Waals surface area contributed by atoms with Crippen molar-refractivity contribution in [3.8, 4) is 0 Å². The van der Waals surface area contributed by atoms with Crippen LogP contribution < -0.4 is 0 Å². The first kappa shape index (κ1) is 22.8. The van der Waals surface area contributed by atoms with Gasteiger partial charge in [-0.15, -0.1) is 0 Å². The van der Waals surface area contributed by atoms with E-state index in [4.69, 9.17) is 0 Å². The van der Waals surface area contributed by atoms with E-state index in [-0.39, 0.29) is 17.7 Å². The molecule has 0 aromatic heterocycles. The second kappa shape index (κ2) is 10.0. The quantitative estimate of drug-likeness (QED) is 0.703. The fourth-order valence-corrected chi connectivity index (χ4v) is 5.34. The van der Waals surface area contributed by atoms with Crippen molar-refractivity contribution in [2.45, 2.75) is 39.7 Å². The van der Waals surface area contributed by atoms with Crippen LogP contribution in [-0.2, 0) is 16.1 Å². The predicted molar refractivity (Wildman–Crippen MR) is 123 cm³/mol. The molecule has 7 heteroatoms. The summed E-state index contributed by atoms with van der Waals surface area (Å²) < 4.78 is 0. The zero-order valence-corrected chi connectivity index (χ0v) is 19.5. The van der Waals surface area contributed by atoms with Gasteiger partial charge in [-0.05, 0) is 42.4 Å².